The minimum absolute atomic E-state index is 0.672. The fourth-order valence-electron chi connectivity index (χ4n) is 10.3. The summed E-state index contributed by atoms with van der Waals surface area (Å²) in [7, 11) is 0. The zero-order valence-corrected chi connectivity index (χ0v) is 46.0. The van der Waals surface area contributed by atoms with Crippen LogP contribution >= 0.6 is 0 Å². The standard InChI is InChI=1S/C62H118N2O3/c1-5-9-13-17-21-25-29-33-37-41-53-63(54-42-38-34-30-26-22-18-14-10-6-2)57-45-46-59-65-62(66-60-48-49-61(67-62)51-50-60)52-47-58-64(55-43-39-35-31-27-23-19-15-11-7-3)56-44-40-36-32-28-24-20-16-12-8-4/h48-51H,5-47,52-59H2,1-4H3. The summed E-state index contributed by atoms with van der Waals surface area (Å²) in [5, 5.41) is 0. The van der Waals surface area contributed by atoms with Crippen LogP contribution in [-0.4, -0.2) is 61.6 Å². The van der Waals surface area contributed by atoms with Crippen molar-refractivity contribution in [1.82, 2.24) is 9.80 Å². The predicted octanol–water partition coefficient (Wildman–Crippen LogP) is 20.0. The van der Waals surface area contributed by atoms with Gasteiger partial charge in [-0.05, 0) is 108 Å². The maximum absolute atomic E-state index is 6.76. The molecule has 0 saturated carbocycles. The Morgan fingerprint density at radius 1 is 0.299 bits per heavy atom. The van der Waals surface area contributed by atoms with E-state index in [2.05, 4.69) is 37.5 Å². The van der Waals surface area contributed by atoms with Crippen LogP contribution in [0.5, 0.6) is 11.5 Å². The normalized spacial score (nSPS) is 13.2. The van der Waals surface area contributed by atoms with Gasteiger partial charge < -0.3 is 24.0 Å². The highest BCUT2D eigenvalue weighted by molar-refractivity contribution is 5.33. The van der Waals surface area contributed by atoms with Crippen molar-refractivity contribution in [2.45, 2.75) is 316 Å². The van der Waals surface area contributed by atoms with Gasteiger partial charge in [0.25, 0.3) is 0 Å². The average Bonchev–Trinajstić information content (AvgIpc) is 3.62. The van der Waals surface area contributed by atoms with E-state index in [-0.39, 0.29) is 0 Å². The van der Waals surface area contributed by atoms with Crippen LogP contribution in [0, 0.1) is 0 Å². The van der Waals surface area contributed by atoms with Crippen molar-refractivity contribution in [2.75, 3.05) is 45.9 Å². The molecule has 5 nitrogen and oxygen atoms in total. The van der Waals surface area contributed by atoms with Gasteiger partial charge in [-0.1, -0.05) is 259 Å². The van der Waals surface area contributed by atoms with Gasteiger partial charge in [-0.3, -0.25) is 0 Å². The molecular formula is C62H118N2O3. The first-order valence-corrected chi connectivity index (χ1v) is 30.7. The smallest absolute Gasteiger partial charge is 0.371 e. The predicted molar refractivity (Wildman–Crippen MR) is 295 cm³/mol. The Kier molecular flexibility index (Phi) is 43.4. The molecule has 2 aliphatic rings. The van der Waals surface area contributed by atoms with E-state index >= 15 is 0 Å². The summed E-state index contributed by atoms with van der Waals surface area (Å²) < 4.78 is 20.0. The van der Waals surface area contributed by atoms with Gasteiger partial charge in [0.1, 0.15) is 11.5 Å². The largest absolute Gasteiger partial charge is 0.430 e. The van der Waals surface area contributed by atoms with E-state index in [1.807, 2.05) is 24.3 Å². The molecule has 3 rings (SSSR count). The van der Waals surface area contributed by atoms with Crippen LogP contribution < -0.4 is 9.47 Å². The minimum Gasteiger partial charge on any atom is -0.430 e. The molecule has 1 aromatic rings. The third kappa shape index (κ3) is 37.2. The summed E-state index contributed by atoms with van der Waals surface area (Å²) >= 11 is 0. The topological polar surface area (TPSA) is 34.2 Å². The fraction of sp³-hybridized carbons (Fsp3) is 0.903. The molecule has 0 aliphatic carbocycles. The average molecular weight is 940 g/mol. The Balaban J connectivity index is 1.86. The zero-order chi connectivity index (χ0) is 47.8. The van der Waals surface area contributed by atoms with Crippen molar-refractivity contribution in [1.29, 1.82) is 0 Å². The molecule has 0 unspecified atom stereocenters. The molecule has 0 amide bonds. The van der Waals surface area contributed by atoms with Crippen LogP contribution in [0.25, 0.3) is 0 Å². The summed E-state index contributed by atoms with van der Waals surface area (Å²) in [6.45, 7) is 17.2. The number of hydrogen-bond donors (Lipinski definition) is 0. The Labute approximate surface area is 420 Å². The lowest BCUT2D eigenvalue weighted by molar-refractivity contribution is -0.304. The highest BCUT2D eigenvalue weighted by atomic mass is 16.9. The molecule has 2 bridgehead atoms. The van der Waals surface area contributed by atoms with Gasteiger partial charge >= 0.3 is 5.97 Å². The van der Waals surface area contributed by atoms with Crippen LogP contribution in [0.3, 0.4) is 0 Å². The molecule has 2 heterocycles. The Bertz CT molecular complexity index is 1060. The highest BCUT2D eigenvalue weighted by Crippen LogP contribution is 2.34. The van der Waals surface area contributed by atoms with Crippen LogP contribution in [0.4, 0.5) is 0 Å². The first-order chi connectivity index (χ1) is 33.1. The number of benzene rings is 1. The van der Waals surface area contributed by atoms with Crippen LogP contribution in [0.15, 0.2) is 24.3 Å². The molecule has 5 heteroatoms. The molecule has 394 valence electrons. The summed E-state index contributed by atoms with van der Waals surface area (Å²) in [6, 6.07) is 8.18. The van der Waals surface area contributed by atoms with Gasteiger partial charge in [-0.15, -0.1) is 0 Å². The lowest BCUT2D eigenvalue weighted by atomic mass is 10.1. The van der Waals surface area contributed by atoms with Crippen molar-refractivity contribution in [3.05, 3.63) is 24.3 Å². The van der Waals surface area contributed by atoms with E-state index in [9.17, 15) is 0 Å². The molecule has 67 heavy (non-hydrogen) atoms. The first kappa shape index (κ1) is 61.8. The molecule has 0 N–H and O–H groups in total. The van der Waals surface area contributed by atoms with Crippen LogP contribution in [-0.2, 0) is 4.74 Å². The molecule has 0 atom stereocenters. The number of fused-ring (bicyclic) bond motifs is 4. The second kappa shape index (κ2) is 47.0. The second-order valence-corrected chi connectivity index (χ2v) is 21.4. The molecule has 0 spiro atoms. The van der Waals surface area contributed by atoms with Gasteiger partial charge in [0.15, 0.2) is 0 Å². The quantitative estimate of drug-likeness (QED) is 0.0608. The number of nitrogens with zero attached hydrogens (tertiary/aromatic N) is 2. The summed E-state index contributed by atoms with van der Waals surface area (Å²) in [5.74, 6) is 0.671. The zero-order valence-electron chi connectivity index (χ0n) is 46.0. The van der Waals surface area contributed by atoms with Crippen molar-refractivity contribution in [2.24, 2.45) is 0 Å². The SMILES string of the molecule is CCCCCCCCCCCCN(CCCCCCCCCCCC)CCCCOC1(CCCN(CCCCCCCCCCCC)CCCCCCCCCCCC)Oc2ccc(cc2)O1. The van der Waals surface area contributed by atoms with Crippen molar-refractivity contribution in [3.8, 4) is 11.5 Å². The number of unbranched alkanes of at least 4 members (excludes halogenated alkanes) is 37. The van der Waals surface area contributed by atoms with E-state index < -0.39 is 5.97 Å². The van der Waals surface area contributed by atoms with Crippen molar-refractivity contribution in [3.63, 3.8) is 0 Å². The van der Waals surface area contributed by atoms with Gasteiger partial charge in [0.2, 0.25) is 0 Å². The fourth-order valence-corrected chi connectivity index (χ4v) is 10.3. The highest BCUT2D eigenvalue weighted by Gasteiger charge is 2.38. The number of ether oxygens (including phenoxy) is 3. The molecule has 0 aromatic heterocycles. The molecule has 0 fully saturated rings. The molecule has 0 radical (unpaired) electrons. The number of rotatable bonds is 54. The Morgan fingerprint density at radius 2 is 0.522 bits per heavy atom. The maximum Gasteiger partial charge on any atom is 0.371 e. The van der Waals surface area contributed by atoms with E-state index in [1.54, 1.807) is 0 Å². The van der Waals surface area contributed by atoms with Crippen LogP contribution in [0.2, 0.25) is 0 Å². The van der Waals surface area contributed by atoms with Gasteiger partial charge in [-0.25, -0.2) is 0 Å². The summed E-state index contributed by atoms with van der Waals surface area (Å²) in [5.41, 5.74) is 0. The van der Waals surface area contributed by atoms with Gasteiger partial charge in [0, 0.05) is 0 Å². The van der Waals surface area contributed by atoms with Crippen LogP contribution in [0.1, 0.15) is 310 Å². The van der Waals surface area contributed by atoms with E-state index in [4.69, 9.17) is 14.2 Å². The summed E-state index contributed by atoms with van der Waals surface area (Å²) in [6.07, 6.45) is 60.0. The van der Waals surface area contributed by atoms with Gasteiger partial charge in [0.05, 0.1) is 13.0 Å². The van der Waals surface area contributed by atoms with Gasteiger partial charge in [-0.2, -0.15) is 0 Å². The van der Waals surface area contributed by atoms with Crippen molar-refractivity contribution >= 4 is 0 Å². The molecular weight excluding hydrogens is 821 g/mol. The molecule has 2 aliphatic heterocycles. The summed E-state index contributed by atoms with van der Waals surface area (Å²) in [4.78, 5) is 5.56. The number of hydrogen-bond acceptors (Lipinski definition) is 5. The van der Waals surface area contributed by atoms with E-state index in [0.29, 0.717) is 6.61 Å². The Hall–Kier alpha value is -1.30. The third-order valence-electron chi connectivity index (χ3n) is 14.8. The third-order valence-corrected chi connectivity index (χ3v) is 14.8. The molecule has 0 saturated heterocycles. The Morgan fingerprint density at radius 3 is 0.791 bits per heavy atom. The second-order valence-electron chi connectivity index (χ2n) is 21.4. The lowest BCUT2D eigenvalue weighted by Gasteiger charge is -2.33. The van der Waals surface area contributed by atoms with Crippen molar-refractivity contribution < 1.29 is 14.2 Å². The minimum atomic E-state index is -1.04. The maximum atomic E-state index is 6.76. The molecule has 1 aromatic carbocycles. The lowest BCUT2D eigenvalue weighted by Crippen LogP contribution is -2.45. The van der Waals surface area contributed by atoms with E-state index in [1.165, 1.54) is 296 Å². The monoisotopic (exact) mass is 939 g/mol. The van der Waals surface area contributed by atoms with E-state index in [0.717, 1.165) is 37.3 Å². The first-order valence-electron chi connectivity index (χ1n) is 30.7.